The lowest BCUT2D eigenvalue weighted by Gasteiger charge is -2.10. The minimum absolute atomic E-state index is 0.0862. The molecule has 19 heavy (non-hydrogen) atoms. The van der Waals surface area contributed by atoms with Crippen molar-refractivity contribution in [1.29, 1.82) is 0 Å². The largest absolute Gasteiger partial charge is 0.447 e. The molecule has 1 saturated heterocycles. The summed E-state index contributed by atoms with van der Waals surface area (Å²) in [5, 5.41) is 9.72. The fraction of sp³-hybridized carbons (Fsp3) is 0.231. The van der Waals surface area contributed by atoms with E-state index in [0.29, 0.717) is 11.6 Å². The van der Waals surface area contributed by atoms with Gasteiger partial charge in [0.15, 0.2) is 0 Å². The molecule has 0 saturated carbocycles. The summed E-state index contributed by atoms with van der Waals surface area (Å²) in [7, 11) is 0. The average Bonchev–Trinajstić information content (AvgIpc) is 2.85. The summed E-state index contributed by atoms with van der Waals surface area (Å²) in [5.74, 6) is -1.86. The number of aliphatic hydroxyl groups excluding tert-OH is 1. The molecule has 0 bridgehead atoms. The van der Waals surface area contributed by atoms with Gasteiger partial charge in [-0.1, -0.05) is 30.3 Å². The molecule has 6 heteroatoms. The van der Waals surface area contributed by atoms with Gasteiger partial charge in [0.25, 0.3) is 5.91 Å². The third-order valence-electron chi connectivity index (χ3n) is 2.66. The molecular weight excluding hydrogens is 253 g/mol. The zero-order valence-corrected chi connectivity index (χ0v) is 9.95. The van der Waals surface area contributed by atoms with E-state index in [1.165, 1.54) is 12.1 Å². The fourth-order valence-corrected chi connectivity index (χ4v) is 1.66. The molecule has 100 valence electrons. The Balaban J connectivity index is 2.10. The van der Waals surface area contributed by atoms with Crippen molar-refractivity contribution in [3.8, 4) is 0 Å². The molecule has 1 N–H and O–H groups in total. The van der Waals surface area contributed by atoms with Gasteiger partial charge in [0, 0.05) is 6.08 Å². The van der Waals surface area contributed by atoms with Crippen LogP contribution in [-0.4, -0.2) is 35.2 Å². The van der Waals surface area contributed by atoms with E-state index in [1.54, 1.807) is 18.2 Å². The van der Waals surface area contributed by atoms with Crippen molar-refractivity contribution >= 4 is 12.0 Å². The Kier molecular flexibility index (Phi) is 3.91. The van der Waals surface area contributed by atoms with E-state index in [9.17, 15) is 19.1 Å². The fourth-order valence-electron chi connectivity index (χ4n) is 1.66. The molecule has 0 aliphatic carbocycles. The SMILES string of the molecule is O=C(/C=C(/F)C(O)c1ccccc1)N1CCOC1=O. The van der Waals surface area contributed by atoms with Crippen LogP contribution in [0.25, 0.3) is 0 Å². The molecule has 1 aliphatic heterocycles. The molecule has 0 aromatic heterocycles. The molecule has 1 fully saturated rings. The van der Waals surface area contributed by atoms with E-state index in [-0.39, 0.29) is 13.2 Å². The first kappa shape index (κ1) is 13.2. The Bertz CT molecular complexity index is 515. The lowest BCUT2D eigenvalue weighted by Crippen LogP contribution is -2.30. The number of ether oxygens (including phenoxy) is 1. The van der Waals surface area contributed by atoms with Crippen LogP contribution in [0.4, 0.5) is 9.18 Å². The number of imide groups is 1. The average molecular weight is 265 g/mol. The van der Waals surface area contributed by atoms with Crippen LogP contribution in [-0.2, 0) is 9.53 Å². The van der Waals surface area contributed by atoms with Crippen LogP contribution in [0.1, 0.15) is 11.7 Å². The zero-order valence-electron chi connectivity index (χ0n) is 9.95. The Morgan fingerprint density at radius 2 is 2.11 bits per heavy atom. The van der Waals surface area contributed by atoms with Crippen molar-refractivity contribution in [3.63, 3.8) is 0 Å². The topological polar surface area (TPSA) is 66.8 Å². The highest BCUT2D eigenvalue weighted by molar-refractivity contribution is 5.99. The van der Waals surface area contributed by atoms with Gasteiger partial charge in [0.2, 0.25) is 0 Å². The minimum Gasteiger partial charge on any atom is -0.447 e. The highest BCUT2D eigenvalue weighted by atomic mass is 19.1. The zero-order chi connectivity index (χ0) is 13.8. The molecule has 1 heterocycles. The summed E-state index contributed by atoms with van der Waals surface area (Å²) >= 11 is 0. The maximum absolute atomic E-state index is 13.7. The molecule has 2 amide bonds. The Morgan fingerprint density at radius 1 is 1.42 bits per heavy atom. The normalized spacial score (nSPS) is 17.3. The Morgan fingerprint density at radius 3 is 2.68 bits per heavy atom. The first-order chi connectivity index (χ1) is 9.09. The van der Waals surface area contributed by atoms with Crippen LogP contribution in [0.5, 0.6) is 0 Å². The molecule has 1 aromatic rings. The number of benzene rings is 1. The first-order valence-electron chi connectivity index (χ1n) is 5.68. The third-order valence-corrected chi connectivity index (χ3v) is 2.66. The summed E-state index contributed by atoms with van der Waals surface area (Å²) in [5.41, 5.74) is 0.327. The number of aliphatic hydroxyl groups is 1. The summed E-state index contributed by atoms with van der Waals surface area (Å²) in [6.07, 6.45) is -1.73. The van der Waals surface area contributed by atoms with E-state index < -0.39 is 23.9 Å². The highest BCUT2D eigenvalue weighted by Crippen LogP contribution is 2.22. The minimum atomic E-state index is -1.52. The number of carbonyl (C=O) groups excluding carboxylic acids is 2. The lowest BCUT2D eigenvalue weighted by molar-refractivity contribution is -0.122. The van der Waals surface area contributed by atoms with Crippen molar-refractivity contribution in [2.45, 2.75) is 6.10 Å². The van der Waals surface area contributed by atoms with Crippen LogP contribution in [0.2, 0.25) is 0 Å². The Labute approximate surface area is 108 Å². The van der Waals surface area contributed by atoms with Gasteiger partial charge >= 0.3 is 6.09 Å². The number of hydrogen-bond donors (Lipinski definition) is 1. The smallest absolute Gasteiger partial charge is 0.416 e. The van der Waals surface area contributed by atoms with Crippen LogP contribution >= 0.6 is 0 Å². The number of nitrogens with zero attached hydrogens (tertiary/aromatic N) is 1. The van der Waals surface area contributed by atoms with Crippen molar-refractivity contribution in [3.05, 3.63) is 47.8 Å². The van der Waals surface area contributed by atoms with Crippen molar-refractivity contribution in [2.75, 3.05) is 13.2 Å². The first-order valence-corrected chi connectivity index (χ1v) is 5.68. The maximum Gasteiger partial charge on any atom is 0.416 e. The van der Waals surface area contributed by atoms with Crippen LogP contribution in [0.15, 0.2) is 42.2 Å². The van der Waals surface area contributed by atoms with Gasteiger partial charge in [0.1, 0.15) is 18.5 Å². The maximum atomic E-state index is 13.7. The number of rotatable bonds is 3. The predicted octanol–water partition coefficient (Wildman–Crippen LogP) is 1.55. The number of cyclic esters (lactones) is 1. The molecule has 1 aliphatic rings. The van der Waals surface area contributed by atoms with Gasteiger partial charge in [-0.15, -0.1) is 0 Å². The molecule has 1 unspecified atom stereocenters. The molecular formula is C13H12FNO4. The van der Waals surface area contributed by atoms with Gasteiger partial charge in [-0.05, 0) is 5.56 Å². The molecule has 0 spiro atoms. The molecule has 1 atom stereocenters. The van der Waals surface area contributed by atoms with E-state index in [2.05, 4.69) is 4.74 Å². The van der Waals surface area contributed by atoms with Gasteiger partial charge < -0.3 is 9.84 Å². The molecule has 1 aromatic carbocycles. The summed E-state index contributed by atoms with van der Waals surface area (Å²) < 4.78 is 18.3. The molecule has 2 rings (SSSR count). The number of amides is 2. The van der Waals surface area contributed by atoms with Gasteiger partial charge in [0.05, 0.1) is 6.54 Å². The quantitative estimate of drug-likeness (QED) is 0.842. The van der Waals surface area contributed by atoms with Crippen molar-refractivity contribution in [1.82, 2.24) is 4.90 Å². The van der Waals surface area contributed by atoms with E-state index >= 15 is 0 Å². The third kappa shape index (κ3) is 2.97. The lowest BCUT2D eigenvalue weighted by atomic mass is 10.1. The number of carbonyl (C=O) groups is 2. The summed E-state index contributed by atoms with van der Waals surface area (Å²) in [6.45, 7) is 0.185. The number of hydrogen-bond acceptors (Lipinski definition) is 4. The summed E-state index contributed by atoms with van der Waals surface area (Å²) in [4.78, 5) is 23.5. The highest BCUT2D eigenvalue weighted by Gasteiger charge is 2.28. The van der Waals surface area contributed by atoms with E-state index in [4.69, 9.17) is 0 Å². The Hall–Kier alpha value is -2.21. The monoisotopic (exact) mass is 265 g/mol. The summed E-state index contributed by atoms with van der Waals surface area (Å²) in [6, 6.07) is 8.08. The standard InChI is InChI=1S/C13H12FNO4/c14-10(12(17)9-4-2-1-3-5-9)8-11(16)15-6-7-19-13(15)18/h1-5,8,12,17H,6-7H2/b10-8+. The van der Waals surface area contributed by atoms with E-state index in [1.807, 2.05) is 0 Å². The molecule has 5 nitrogen and oxygen atoms in total. The second kappa shape index (κ2) is 5.62. The second-order valence-corrected chi connectivity index (χ2v) is 3.95. The van der Waals surface area contributed by atoms with Gasteiger partial charge in [-0.25, -0.2) is 14.1 Å². The van der Waals surface area contributed by atoms with Gasteiger partial charge in [-0.3, -0.25) is 4.79 Å². The van der Waals surface area contributed by atoms with Crippen LogP contribution in [0, 0.1) is 0 Å². The second-order valence-electron chi connectivity index (χ2n) is 3.95. The van der Waals surface area contributed by atoms with Crippen molar-refractivity contribution in [2.24, 2.45) is 0 Å². The van der Waals surface area contributed by atoms with E-state index in [0.717, 1.165) is 4.90 Å². The number of halogens is 1. The predicted molar refractivity (Wildman–Crippen MR) is 63.7 cm³/mol. The van der Waals surface area contributed by atoms with Crippen molar-refractivity contribution < 1.29 is 23.8 Å². The molecule has 0 radical (unpaired) electrons. The van der Waals surface area contributed by atoms with Crippen LogP contribution in [0.3, 0.4) is 0 Å². The van der Waals surface area contributed by atoms with Crippen LogP contribution < -0.4 is 0 Å². The van der Waals surface area contributed by atoms with Gasteiger partial charge in [-0.2, -0.15) is 0 Å².